The van der Waals surface area contributed by atoms with Gasteiger partial charge in [-0.25, -0.2) is 0 Å². The Labute approximate surface area is 72.6 Å². The number of nitrogens with zero attached hydrogens (tertiary/aromatic N) is 2. The molecule has 1 atom stereocenters. The third-order valence-electron chi connectivity index (χ3n) is 2.76. The number of carbonyl (C=O) groups excluding carboxylic acids is 1. The van der Waals surface area contributed by atoms with Crippen LogP contribution in [-0.2, 0) is 4.79 Å². The zero-order valence-corrected chi connectivity index (χ0v) is 7.58. The standard InChI is InChI=1S/C9H14N2O/c1-9-4-3-8(12)11(9)6-5-10(2)7-9/h3-4H,5-7H2,1-2H3. The highest BCUT2D eigenvalue weighted by Crippen LogP contribution is 2.26. The lowest BCUT2D eigenvalue weighted by atomic mass is 9.99. The molecule has 0 aromatic rings. The Morgan fingerprint density at radius 3 is 3.00 bits per heavy atom. The third kappa shape index (κ3) is 0.966. The van der Waals surface area contributed by atoms with E-state index in [1.54, 1.807) is 6.08 Å². The van der Waals surface area contributed by atoms with E-state index >= 15 is 0 Å². The van der Waals surface area contributed by atoms with E-state index in [0.29, 0.717) is 0 Å². The smallest absolute Gasteiger partial charge is 0.247 e. The topological polar surface area (TPSA) is 23.6 Å². The van der Waals surface area contributed by atoms with Crippen LogP contribution in [0.25, 0.3) is 0 Å². The number of carbonyl (C=O) groups is 1. The summed E-state index contributed by atoms with van der Waals surface area (Å²) in [6.07, 6.45) is 3.71. The van der Waals surface area contributed by atoms with Gasteiger partial charge in [0.1, 0.15) is 0 Å². The van der Waals surface area contributed by atoms with E-state index in [4.69, 9.17) is 0 Å². The van der Waals surface area contributed by atoms with Crippen molar-refractivity contribution in [2.75, 3.05) is 26.7 Å². The Balaban J connectivity index is 2.24. The third-order valence-corrected chi connectivity index (χ3v) is 2.76. The highest BCUT2D eigenvalue weighted by Gasteiger charge is 2.40. The molecule has 1 amide bonds. The van der Waals surface area contributed by atoms with Gasteiger partial charge in [-0.3, -0.25) is 4.79 Å². The van der Waals surface area contributed by atoms with Gasteiger partial charge in [-0.15, -0.1) is 0 Å². The normalized spacial score (nSPS) is 35.8. The minimum absolute atomic E-state index is 0.0376. The van der Waals surface area contributed by atoms with E-state index in [1.165, 1.54) is 0 Å². The average molecular weight is 166 g/mol. The van der Waals surface area contributed by atoms with Crippen LogP contribution in [-0.4, -0.2) is 47.9 Å². The van der Waals surface area contributed by atoms with Gasteiger partial charge >= 0.3 is 0 Å². The van der Waals surface area contributed by atoms with E-state index in [0.717, 1.165) is 19.6 Å². The van der Waals surface area contributed by atoms with Crippen LogP contribution in [0, 0.1) is 0 Å². The van der Waals surface area contributed by atoms with Crippen molar-refractivity contribution in [2.24, 2.45) is 0 Å². The average Bonchev–Trinajstić information content (AvgIpc) is 2.27. The number of hydrogen-bond acceptors (Lipinski definition) is 2. The molecule has 2 rings (SSSR count). The summed E-state index contributed by atoms with van der Waals surface area (Å²) < 4.78 is 0. The first-order valence-electron chi connectivity index (χ1n) is 4.31. The molecule has 0 bridgehead atoms. The Morgan fingerprint density at radius 2 is 2.25 bits per heavy atom. The van der Waals surface area contributed by atoms with Crippen LogP contribution < -0.4 is 0 Å². The lowest BCUT2D eigenvalue weighted by molar-refractivity contribution is -0.130. The molecule has 2 heterocycles. The highest BCUT2D eigenvalue weighted by atomic mass is 16.2. The first-order valence-corrected chi connectivity index (χ1v) is 4.31. The molecule has 0 aliphatic carbocycles. The zero-order valence-electron chi connectivity index (χ0n) is 7.58. The van der Waals surface area contributed by atoms with E-state index in [1.807, 2.05) is 11.0 Å². The molecule has 3 heteroatoms. The van der Waals surface area contributed by atoms with Crippen LogP contribution >= 0.6 is 0 Å². The molecular weight excluding hydrogens is 152 g/mol. The molecule has 0 radical (unpaired) electrons. The summed E-state index contributed by atoms with van der Waals surface area (Å²) >= 11 is 0. The van der Waals surface area contributed by atoms with E-state index in [9.17, 15) is 4.79 Å². The van der Waals surface area contributed by atoms with Gasteiger partial charge in [-0.2, -0.15) is 0 Å². The van der Waals surface area contributed by atoms with Crippen molar-refractivity contribution in [3.8, 4) is 0 Å². The van der Waals surface area contributed by atoms with Crippen LogP contribution in [0.4, 0.5) is 0 Å². The molecule has 1 saturated heterocycles. The molecule has 0 spiro atoms. The van der Waals surface area contributed by atoms with Crippen molar-refractivity contribution in [2.45, 2.75) is 12.5 Å². The summed E-state index contributed by atoms with van der Waals surface area (Å²) in [5, 5.41) is 0. The molecule has 0 aromatic heterocycles. The van der Waals surface area contributed by atoms with Crippen molar-refractivity contribution >= 4 is 5.91 Å². The summed E-state index contributed by atoms with van der Waals surface area (Å²) in [7, 11) is 2.10. The van der Waals surface area contributed by atoms with Gasteiger partial charge in [0.25, 0.3) is 0 Å². The fraction of sp³-hybridized carbons (Fsp3) is 0.667. The minimum atomic E-state index is -0.0376. The van der Waals surface area contributed by atoms with Crippen LogP contribution in [0.3, 0.4) is 0 Å². The Hall–Kier alpha value is -0.830. The second-order valence-electron chi connectivity index (χ2n) is 3.92. The van der Waals surface area contributed by atoms with Gasteiger partial charge in [-0.1, -0.05) is 6.08 Å². The fourth-order valence-electron chi connectivity index (χ4n) is 2.08. The number of likely N-dealkylation sites (N-methyl/N-ethyl adjacent to an activating group) is 1. The summed E-state index contributed by atoms with van der Waals surface area (Å²) in [5.41, 5.74) is -0.0376. The molecule has 0 aromatic carbocycles. The highest BCUT2D eigenvalue weighted by molar-refractivity contribution is 5.91. The van der Waals surface area contributed by atoms with Crippen molar-refractivity contribution in [3.63, 3.8) is 0 Å². The number of fused-ring (bicyclic) bond motifs is 1. The number of amides is 1. The first kappa shape index (κ1) is 7.80. The first-order chi connectivity index (χ1) is 5.62. The summed E-state index contributed by atoms with van der Waals surface area (Å²) in [5.74, 6) is 0.172. The second-order valence-corrected chi connectivity index (χ2v) is 3.92. The maximum absolute atomic E-state index is 11.3. The summed E-state index contributed by atoms with van der Waals surface area (Å²) in [4.78, 5) is 15.6. The molecule has 0 N–H and O–H groups in total. The van der Waals surface area contributed by atoms with E-state index in [-0.39, 0.29) is 11.4 Å². The van der Waals surface area contributed by atoms with Crippen molar-refractivity contribution < 1.29 is 4.79 Å². The van der Waals surface area contributed by atoms with E-state index in [2.05, 4.69) is 18.9 Å². The Morgan fingerprint density at radius 1 is 1.50 bits per heavy atom. The summed E-state index contributed by atoms with van der Waals surface area (Å²) in [6, 6.07) is 0. The molecule has 0 saturated carbocycles. The lowest BCUT2D eigenvalue weighted by Gasteiger charge is -2.43. The molecule has 66 valence electrons. The predicted molar refractivity (Wildman–Crippen MR) is 46.8 cm³/mol. The Bertz CT molecular complexity index is 249. The molecule has 1 unspecified atom stereocenters. The van der Waals surface area contributed by atoms with Crippen LogP contribution in [0.2, 0.25) is 0 Å². The summed E-state index contributed by atoms with van der Waals surface area (Å²) in [6.45, 7) is 4.92. The van der Waals surface area contributed by atoms with Crippen molar-refractivity contribution in [3.05, 3.63) is 12.2 Å². The fourth-order valence-corrected chi connectivity index (χ4v) is 2.08. The maximum atomic E-state index is 11.3. The van der Waals surface area contributed by atoms with Crippen LogP contribution in [0.15, 0.2) is 12.2 Å². The lowest BCUT2D eigenvalue weighted by Crippen LogP contribution is -2.57. The van der Waals surface area contributed by atoms with Gasteiger partial charge in [-0.05, 0) is 14.0 Å². The monoisotopic (exact) mass is 166 g/mol. The molecule has 12 heavy (non-hydrogen) atoms. The molecule has 1 fully saturated rings. The molecule has 2 aliphatic rings. The SMILES string of the molecule is CN1CCN2C(=O)C=CC2(C)C1. The van der Waals surface area contributed by atoms with Gasteiger partial charge < -0.3 is 9.80 Å². The number of hydrogen-bond donors (Lipinski definition) is 0. The minimum Gasteiger partial charge on any atom is -0.328 e. The number of rotatable bonds is 0. The maximum Gasteiger partial charge on any atom is 0.247 e. The molecule has 2 aliphatic heterocycles. The zero-order chi connectivity index (χ0) is 8.77. The van der Waals surface area contributed by atoms with Gasteiger partial charge in [0.15, 0.2) is 0 Å². The van der Waals surface area contributed by atoms with Gasteiger partial charge in [0.2, 0.25) is 5.91 Å². The van der Waals surface area contributed by atoms with Crippen molar-refractivity contribution in [1.29, 1.82) is 0 Å². The van der Waals surface area contributed by atoms with E-state index < -0.39 is 0 Å². The van der Waals surface area contributed by atoms with Crippen LogP contribution in [0.5, 0.6) is 0 Å². The predicted octanol–water partition coefficient (Wildman–Crippen LogP) is 0.0889. The quantitative estimate of drug-likeness (QED) is 0.509. The largest absolute Gasteiger partial charge is 0.328 e. The molecular formula is C9H14N2O. The van der Waals surface area contributed by atoms with Gasteiger partial charge in [0.05, 0.1) is 5.54 Å². The number of piperazine rings is 1. The second kappa shape index (κ2) is 2.33. The van der Waals surface area contributed by atoms with Crippen molar-refractivity contribution in [1.82, 2.24) is 9.80 Å². The van der Waals surface area contributed by atoms with Crippen LogP contribution in [0.1, 0.15) is 6.92 Å². The Kier molecular flexibility index (Phi) is 1.51. The van der Waals surface area contributed by atoms with Gasteiger partial charge in [0, 0.05) is 25.7 Å². The molecule has 3 nitrogen and oxygen atoms in total.